The van der Waals surface area contributed by atoms with Crippen LogP contribution < -0.4 is 0 Å². The van der Waals surface area contributed by atoms with E-state index in [9.17, 15) is 4.79 Å². The molecule has 106 valence electrons. The number of fused-ring (bicyclic) bond motifs is 1. The molecule has 0 fully saturated rings. The molecule has 21 heavy (non-hydrogen) atoms. The van der Waals surface area contributed by atoms with E-state index in [2.05, 4.69) is 9.97 Å². The minimum atomic E-state index is -0.911. The molecule has 0 saturated carbocycles. The molecule has 1 aromatic carbocycles. The van der Waals surface area contributed by atoms with Crippen LogP contribution in [0, 0.1) is 13.8 Å². The van der Waals surface area contributed by atoms with Gasteiger partial charge in [0.05, 0.1) is 0 Å². The molecule has 0 unspecified atom stereocenters. The molecule has 0 spiro atoms. The Balaban J connectivity index is 2.30. The lowest BCUT2D eigenvalue weighted by molar-refractivity contribution is -0.137. The third kappa shape index (κ3) is 2.38. The summed E-state index contributed by atoms with van der Waals surface area (Å²) in [5.41, 5.74) is 4.29. The Morgan fingerprint density at radius 2 is 2.05 bits per heavy atom. The van der Waals surface area contributed by atoms with E-state index in [0.717, 1.165) is 22.2 Å². The Kier molecular flexibility index (Phi) is 3.17. The molecule has 0 saturated heterocycles. The topological polar surface area (TPSA) is 68.0 Å². The molecule has 3 aromatic rings. The van der Waals surface area contributed by atoms with Gasteiger partial charge in [-0.25, -0.2) is 9.97 Å². The zero-order chi connectivity index (χ0) is 15.0. The van der Waals surface area contributed by atoms with E-state index in [1.807, 2.05) is 44.2 Å². The van der Waals surface area contributed by atoms with Gasteiger partial charge in [-0.15, -0.1) is 0 Å². The molecule has 1 N–H and O–H groups in total. The maximum atomic E-state index is 11.2. The normalized spacial score (nSPS) is 11.0. The average molecular weight is 281 g/mol. The first-order valence-corrected chi connectivity index (χ1v) is 6.67. The van der Waals surface area contributed by atoms with Crippen molar-refractivity contribution in [3.05, 3.63) is 47.7 Å². The zero-order valence-corrected chi connectivity index (χ0v) is 11.9. The van der Waals surface area contributed by atoms with E-state index in [1.165, 1.54) is 0 Å². The molecular formula is C16H15N3O2. The summed E-state index contributed by atoms with van der Waals surface area (Å²) in [4.78, 5) is 20.1. The molecule has 0 atom stereocenters. The number of rotatable bonds is 3. The number of aromatic nitrogens is 3. The quantitative estimate of drug-likeness (QED) is 0.801. The van der Waals surface area contributed by atoms with E-state index >= 15 is 0 Å². The van der Waals surface area contributed by atoms with Gasteiger partial charge >= 0.3 is 5.97 Å². The smallest absolute Gasteiger partial charge is 0.323 e. The molecule has 0 bridgehead atoms. The van der Waals surface area contributed by atoms with Crippen molar-refractivity contribution in [1.29, 1.82) is 0 Å². The third-order valence-corrected chi connectivity index (χ3v) is 3.40. The molecule has 2 aromatic heterocycles. The van der Waals surface area contributed by atoms with Gasteiger partial charge in [0.1, 0.15) is 17.9 Å². The zero-order valence-electron chi connectivity index (χ0n) is 11.9. The maximum absolute atomic E-state index is 11.2. The van der Waals surface area contributed by atoms with Crippen LogP contribution in [0.25, 0.3) is 22.6 Å². The predicted molar refractivity (Wildman–Crippen MR) is 80.1 cm³/mol. The van der Waals surface area contributed by atoms with E-state index < -0.39 is 5.97 Å². The molecule has 3 rings (SSSR count). The van der Waals surface area contributed by atoms with Crippen LogP contribution >= 0.6 is 0 Å². The second kappa shape index (κ2) is 5.01. The summed E-state index contributed by atoms with van der Waals surface area (Å²) in [6, 6.07) is 9.72. The average Bonchev–Trinajstić information content (AvgIpc) is 2.76. The molecule has 2 heterocycles. The Bertz CT molecular complexity index is 837. The van der Waals surface area contributed by atoms with Gasteiger partial charge in [-0.3, -0.25) is 9.36 Å². The van der Waals surface area contributed by atoms with E-state index in [-0.39, 0.29) is 6.54 Å². The number of hydrogen-bond acceptors (Lipinski definition) is 3. The molecule has 0 aliphatic carbocycles. The predicted octanol–water partition coefficient (Wildman–Crippen LogP) is 2.80. The lowest BCUT2D eigenvalue weighted by Gasteiger charge is -2.08. The first kappa shape index (κ1) is 13.3. The molecule has 0 amide bonds. The minimum Gasteiger partial charge on any atom is -0.480 e. The summed E-state index contributed by atoms with van der Waals surface area (Å²) in [7, 11) is 0. The van der Waals surface area contributed by atoms with Crippen LogP contribution in [-0.4, -0.2) is 25.6 Å². The summed E-state index contributed by atoms with van der Waals surface area (Å²) in [6.07, 6.45) is 1.73. The van der Waals surface area contributed by atoms with Crippen LogP contribution in [0.5, 0.6) is 0 Å². The monoisotopic (exact) mass is 281 g/mol. The summed E-state index contributed by atoms with van der Waals surface area (Å²) < 4.78 is 1.65. The fourth-order valence-corrected chi connectivity index (χ4v) is 2.43. The fourth-order valence-electron chi connectivity index (χ4n) is 2.43. The highest BCUT2D eigenvalue weighted by atomic mass is 16.4. The fraction of sp³-hybridized carbons (Fsp3) is 0.188. The second-order valence-corrected chi connectivity index (χ2v) is 5.09. The number of carboxylic acids is 1. The van der Waals surface area contributed by atoms with E-state index in [0.29, 0.717) is 11.5 Å². The summed E-state index contributed by atoms with van der Waals surface area (Å²) in [5.74, 6) is -0.268. The number of hydrogen-bond donors (Lipinski definition) is 1. The molecule has 5 heteroatoms. The number of aryl methyl sites for hydroxylation is 2. The van der Waals surface area contributed by atoms with Crippen LogP contribution in [0.3, 0.4) is 0 Å². The van der Waals surface area contributed by atoms with Gasteiger partial charge in [0, 0.05) is 11.8 Å². The van der Waals surface area contributed by atoms with Crippen molar-refractivity contribution in [2.24, 2.45) is 0 Å². The van der Waals surface area contributed by atoms with Crippen LogP contribution in [0.4, 0.5) is 0 Å². The number of benzene rings is 1. The Hall–Kier alpha value is -2.69. The van der Waals surface area contributed by atoms with Crippen molar-refractivity contribution in [3.63, 3.8) is 0 Å². The van der Waals surface area contributed by atoms with Crippen molar-refractivity contribution in [1.82, 2.24) is 14.5 Å². The van der Waals surface area contributed by atoms with Gasteiger partial charge < -0.3 is 5.11 Å². The third-order valence-electron chi connectivity index (χ3n) is 3.40. The summed E-state index contributed by atoms with van der Waals surface area (Å²) in [6.45, 7) is 3.77. The lowest BCUT2D eigenvalue weighted by atomic mass is 10.1. The first-order valence-electron chi connectivity index (χ1n) is 6.67. The van der Waals surface area contributed by atoms with Crippen molar-refractivity contribution in [2.75, 3.05) is 0 Å². The van der Waals surface area contributed by atoms with Crippen molar-refractivity contribution in [3.8, 4) is 11.4 Å². The van der Waals surface area contributed by atoms with Crippen LogP contribution in [0.1, 0.15) is 11.1 Å². The van der Waals surface area contributed by atoms with Crippen LogP contribution in [-0.2, 0) is 11.3 Å². The Labute approximate surface area is 121 Å². The van der Waals surface area contributed by atoms with Gasteiger partial charge in [0.15, 0.2) is 5.65 Å². The van der Waals surface area contributed by atoms with Gasteiger partial charge in [0.25, 0.3) is 0 Å². The summed E-state index contributed by atoms with van der Waals surface area (Å²) >= 11 is 0. The van der Waals surface area contributed by atoms with Gasteiger partial charge in [-0.2, -0.15) is 0 Å². The molecular weight excluding hydrogens is 266 g/mol. The number of imidazole rings is 1. The molecule has 5 nitrogen and oxygen atoms in total. The van der Waals surface area contributed by atoms with Crippen LogP contribution in [0.2, 0.25) is 0 Å². The molecule has 0 aliphatic heterocycles. The van der Waals surface area contributed by atoms with Crippen molar-refractivity contribution < 1.29 is 9.90 Å². The number of pyridine rings is 1. The van der Waals surface area contributed by atoms with E-state index in [4.69, 9.17) is 5.11 Å². The number of nitrogens with zero attached hydrogens (tertiary/aromatic N) is 3. The molecule has 0 radical (unpaired) electrons. The van der Waals surface area contributed by atoms with Gasteiger partial charge in [0.2, 0.25) is 0 Å². The molecule has 0 aliphatic rings. The lowest BCUT2D eigenvalue weighted by Crippen LogP contribution is -2.11. The largest absolute Gasteiger partial charge is 0.480 e. The minimum absolute atomic E-state index is 0.157. The standard InChI is InChI=1S/C16H15N3O2/c1-10-7-13-16(17-8-10)19(9-14(20)21)15(18-13)12-6-4-3-5-11(12)2/h3-8H,9H2,1-2H3,(H,20,21). The number of aliphatic carboxylic acids is 1. The second-order valence-electron chi connectivity index (χ2n) is 5.09. The highest BCUT2D eigenvalue weighted by Crippen LogP contribution is 2.26. The van der Waals surface area contributed by atoms with E-state index in [1.54, 1.807) is 10.8 Å². The van der Waals surface area contributed by atoms with Gasteiger partial charge in [-0.1, -0.05) is 24.3 Å². The van der Waals surface area contributed by atoms with Crippen LogP contribution in [0.15, 0.2) is 36.5 Å². The van der Waals surface area contributed by atoms with Crippen molar-refractivity contribution in [2.45, 2.75) is 20.4 Å². The maximum Gasteiger partial charge on any atom is 0.323 e. The van der Waals surface area contributed by atoms with Crippen molar-refractivity contribution >= 4 is 17.1 Å². The summed E-state index contributed by atoms with van der Waals surface area (Å²) in [5, 5.41) is 9.16. The Morgan fingerprint density at radius 1 is 1.29 bits per heavy atom. The Morgan fingerprint density at radius 3 is 2.76 bits per heavy atom. The highest BCUT2D eigenvalue weighted by Gasteiger charge is 2.17. The first-order chi connectivity index (χ1) is 10.1. The van der Waals surface area contributed by atoms with Gasteiger partial charge in [-0.05, 0) is 31.0 Å². The highest BCUT2D eigenvalue weighted by molar-refractivity contribution is 5.81. The number of carbonyl (C=O) groups is 1. The number of carboxylic acid groups (broad SMARTS) is 1. The SMILES string of the molecule is Cc1cnc2c(c1)nc(-c1ccccc1C)n2CC(=O)O.